The van der Waals surface area contributed by atoms with Crippen LogP contribution >= 0.6 is 0 Å². The zero-order valence-electron chi connectivity index (χ0n) is 9.75. The topological polar surface area (TPSA) is 55.1 Å². The summed E-state index contributed by atoms with van der Waals surface area (Å²) in [6, 6.07) is 2.20. The predicted molar refractivity (Wildman–Crippen MR) is 63.7 cm³/mol. The second kappa shape index (κ2) is 3.93. The maximum atomic E-state index is 13.5. The molecule has 0 aliphatic heterocycles. The Balaban J connectivity index is 1.76. The number of carbonyl (C=O) groups is 1. The highest BCUT2D eigenvalue weighted by Gasteiger charge is 2.48. The van der Waals surface area contributed by atoms with Crippen molar-refractivity contribution >= 4 is 17.3 Å². The Hall–Kier alpha value is -1.65. The number of nitrogens with two attached hydrogens (primary N) is 1. The molecule has 1 aromatic carbocycles. The van der Waals surface area contributed by atoms with Gasteiger partial charge >= 0.3 is 0 Å². The molecule has 0 bridgehead atoms. The zero-order chi connectivity index (χ0) is 12.9. The number of nitrogen functional groups attached to an aromatic ring is 1. The first-order chi connectivity index (χ1) is 8.56. The van der Waals surface area contributed by atoms with Crippen molar-refractivity contribution in [1.29, 1.82) is 0 Å². The fourth-order valence-electron chi connectivity index (χ4n) is 2.85. The Morgan fingerprint density at radius 1 is 1.22 bits per heavy atom. The average Bonchev–Trinajstić information content (AvgIpc) is 2.96. The minimum Gasteiger partial charge on any atom is -0.397 e. The van der Waals surface area contributed by atoms with Gasteiger partial charge < -0.3 is 11.1 Å². The van der Waals surface area contributed by atoms with Crippen LogP contribution in [0.25, 0.3) is 0 Å². The van der Waals surface area contributed by atoms with Gasteiger partial charge in [-0.2, -0.15) is 0 Å². The smallest absolute Gasteiger partial charge is 0.227 e. The Kier molecular flexibility index (Phi) is 2.50. The first-order valence-corrected chi connectivity index (χ1v) is 6.10. The molecule has 1 aromatic rings. The van der Waals surface area contributed by atoms with E-state index in [1.165, 1.54) is 12.5 Å². The van der Waals surface area contributed by atoms with Gasteiger partial charge in [-0.15, -0.1) is 0 Å². The number of carbonyl (C=O) groups excluding carboxylic acids is 1. The minimum absolute atomic E-state index is 0.0467. The molecular formula is C13H14F2N2O. The first-order valence-electron chi connectivity index (χ1n) is 6.10. The molecule has 0 aromatic heterocycles. The van der Waals surface area contributed by atoms with Crippen LogP contribution in [0.3, 0.4) is 0 Å². The largest absolute Gasteiger partial charge is 0.397 e. The average molecular weight is 252 g/mol. The van der Waals surface area contributed by atoms with E-state index < -0.39 is 11.6 Å². The Labute approximate surface area is 103 Å². The van der Waals surface area contributed by atoms with Gasteiger partial charge in [-0.1, -0.05) is 0 Å². The van der Waals surface area contributed by atoms with Crippen LogP contribution in [-0.2, 0) is 4.79 Å². The summed E-state index contributed by atoms with van der Waals surface area (Å²) in [6.07, 6.45) is 2.92. The molecular weight excluding hydrogens is 238 g/mol. The zero-order valence-corrected chi connectivity index (χ0v) is 9.75. The number of benzene rings is 1. The maximum Gasteiger partial charge on any atom is 0.227 e. The molecule has 0 heterocycles. The highest BCUT2D eigenvalue weighted by molar-refractivity contribution is 5.95. The number of fused-ring (bicyclic) bond motifs is 1. The molecule has 2 atom stereocenters. The van der Waals surface area contributed by atoms with Crippen molar-refractivity contribution < 1.29 is 13.6 Å². The van der Waals surface area contributed by atoms with Crippen molar-refractivity contribution in [2.45, 2.75) is 19.3 Å². The molecule has 0 radical (unpaired) electrons. The van der Waals surface area contributed by atoms with E-state index in [1.54, 1.807) is 0 Å². The Morgan fingerprint density at radius 2 is 1.89 bits per heavy atom. The van der Waals surface area contributed by atoms with Gasteiger partial charge in [0.15, 0.2) is 11.6 Å². The third kappa shape index (κ3) is 1.83. The standard InChI is InChI=1S/C13H14F2N2O/c14-9-1-2-10(16)12(11(9)15)17-13(18)8-4-6-3-7(6)5-8/h1-2,6-8H,3-5,16H2,(H,17,18). The normalized spacial score (nSPS) is 28.9. The molecule has 2 aliphatic rings. The molecule has 18 heavy (non-hydrogen) atoms. The van der Waals surface area contributed by atoms with Gasteiger partial charge in [0.1, 0.15) is 5.69 Å². The van der Waals surface area contributed by atoms with Crippen LogP contribution in [0.1, 0.15) is 19.3 Å². The molecule has 0 spiro atoms. The van der Waals surface area contributed by atoms with E-state index in [-0.39, 0.29) is 23.2 Å². The van der Waals surface area contributed by atoms with Crippen LogP contribution < -0.4 is 11.1 Å². The lowest BCUT2D eigenvalue weighted by molar-refractivity contribution is -0.120. The predicted octanol–water partition coefficient (Wildman–Crippen LogP) is 2.53. The van der Waals surface area contributed by atoms with Crippen LogP contribution in [0.4, 0.5) is 20.2 Å². The first kappa shape index (κ1) is 11.4. The van der Waals surface area contributed by atoms with Gasteiger partial charge in [0.05, 0.1) is 5.69 Å². The number of anilines is 2. The lowest BCUT2D eigenvalue weighted by atomic mass is 10.0. The minimum atomic E-state index is -1.09. The SMILES string of the molecule is Nc1ccc(F)c(F)c1NC(=O)C1CC2CC2C1. The highest BCUT2D eigenvalue weighted by Crippen LogP contribution is 2.54. The number of nitrogens with one attached hydrogen (secondary N) is 1. The molecule has 96 valence electrons. The second-order valence-corrected chi connectivity index (χ2v) is 5.24. The van der Waals surface area contributed by atoms with E-state index in [1.807, 2.05) is 0 Å². The number of hydrogen-bond donors (Lipinski definition) is 2. The quantitative estimate of drug-likeness (QED) is 0.795. The lowest BCUT2D eigenvalue weighted by Gasteiger charge is -2.14. The molecule has 3 nitrogen and oxygen atoms in total. The summed E-state index contributed by atoms with van der Waals surface area (Å²) in [6.45, 7) is 0. The Bertz CT molecular complexity index is 508. The van der Waals surface area contributed by atoms with Crippen molar-refractivity contribution in [1.82, 2.24) is 0 Å². The van der Waals surface area contributed by atoms with E-state index in [0.29, 0.717) is 11.8 Å². The summed E-state index contributed by atoms with van der Waals surface area (Å²) < 4.78 is 26.6. The number of rotatable bonds is 2. The van der Waals surface area contributed by atoms with Gasteiger partial charge in [-0.3, -0.25) is 4.79 Å². The summed E-state index contributed by atoms with van der Waals surface area (Å²) in [5, 5.41) is 2.42. The van der Waals surface area contributed by atoms with Gasteiger partial charge in [-0.25, -0.2) is 8.78 Å². The van der Waals surface area contributed by atoms with Gasteiger partial charge in [0.25, 0.3) is 0 Å². The van der Waals surface area contributed by atoms with Crippen molar-refractivity contribution in [3.8, 4) is 0 Å². The number of hydrogen-bond acceptors (Lipinski definition) is 2. The summed E-state index contributed by atoms with van der Waals surface area (Å²) in [5.74, 6) is -1.11. The van der Waals surface area contributed by atoms with Crippen molar-refractivity contribution in [3.63, 3.8) is 0 Å². The second-order valence-electron chi connectivity index (χ2n) is 5.24. The van der Waals surface area contributed by atoms with E-state index >= 15 is 0 Å². The Morgan fingerprint density at radius 3 is 2.56 bits per heavy atom. The van der Waals surface area contributed by atoms with Crippen LogP contribution in [0.5, 0.6) is 0 Å². The molecule has 3 rings (SSSR count). The molecule has 2 aliphatic carbocycles. The van der Waals surface area contributed by atoms with E-state index in [0.717, 1.165) is 18.9 Å². The molecule has 3 N–H and O–H groups in total. The van der Waals surface area contributed by atoms with Crippen LogP contribution in [0, 0.1) is 29.4 Å². The van der Waals surface area contributed by atoms with Crippen molar-refractivity contribution in [2.75, 3.05) is 11.1 Å². The van der Waals surface area contributed by atoms with E-state index in [9.17, 15) is 13.6 Å². The van der Waals surface area contributed by atoms with E-state index in [2.05, 4.69) is 5.32 Å². The summed E-state index contributed by atoms with van der Waals surface area (Å²) in [5.41, 5.74) is 5.36. The third-order valence-electron chi connectivity index (χ3n) is 3.99. The monoisotopic (exact) mass is 252 g/mol. The summed E-state index contributed by atoms with van der Waals surface area (Å²) >= 11 is 0. The molecule has 5 heteroatoms. The van der Waals surface area contributed by atoms with Crippen molar-refractivity contribution in [2.24, 2.45) is 17.8 Å². The maximum absolute atomic E-state index is 13.5. The third-order valence-corrected chi connectivity index (χ3v) is 3.99. The van der Waals surface area contributed by atoms with Crippen LogP contribution in [-0.4, -0.2) is 5.91 Å². The molecule has 1 amide bonds. The summed E-state index contributed by atoms with van der Waals surface area (Å²) in [7, 11) is 0. The molecule has 2 saturated carbocycles. The van der Waals surface area contributed by atoms with E-state index in [4.69, 9.17) is 5.73 Å². The van der Waals surface area contributed by atoms with Crippen LogP contribution in [0.15, 0.2) is 12.1 Å². The fraction of sp³-hybridized carbons (Fsp3) is 0.462. The highest BCUT2D eigenvalue weighted by atomic mass is 19.2. The lowest BCUT2D eigenvalue weighted by Crippen LogP contribution is -2.23. The fourth-order valence-corrected chi connectivity index (χ4v) is 2.85. The molecule has 2 fully saturated rings. The van der Waals surface area contributed by atoms with Crippen LogP contribution in [0.2, 0.25) is 0 Å². The van der Waals surface area contributed by atoms with Gasteiger partial charge in [0, 0.05) is 5.92 Å². The van der Waals surface area contributed by atoms with Gasteiger partial charge in [0.2, 0.25) is 5.91 Å². The van der Waals surface area contributed by atoms with Crippen molar-refractivity contribution in [3.05, 3.63) is 23.8 Å². The molecule has 2 unspecified atom stereocenters. The summed E-state index contributed by atoms with van der Waals surface area (Å²) in [4.78, 5) is 11.9. The number of amides is 1. The molecule has 0 saturated heterocycles. The number of halogens is 2. The van der Waals surface area contributed by atoms with Gasteiger partial charge in [-0.05, 0) is 43.2 Å².